The number of methoxy groups -OCH3 is 1. The Bertz CT molecular complexity index is 1280. The second-order valence-corrected chi connectivity index (χ2v) is 9.23. The first kappa shape index (κ1) is 26.0. The van der Waals surface area contributed by atoms with E-state index in [0.717, 1.165) is 36.0 Å². The van der Waals surface area contributed by atoms with E-state index in [9.17, 15) is 14.7 Å². The fourth-order valence-corrected chi connectivity index (χ4v) is 4.63. The molecule has 1 unspecified atom stereocenters. The van der Waals surface area contributed by atoms with Crippen LogP contribution in [0.2, 0.25) is 0 Å². The van der Waals surface area contributed by atoms with Crippen molar-refractivity contribution < 1.29 is 24.2 Å². The summed E-state index contributed by atoms with van der Waals surface area (Å²) in [6.07, 6.45) is 2.72. The van der Waals surface area contributed by atoms with Gasteiger partial charge >= 0.3 is 0 Å². The zero-order valence-electron chi connectivity index (χ0n) is 21.6. The molecule has 0 saturated carbocycles. The van der Waals surface area contributed by atoms with Gasteiger partial charge in [-0.15, -0.1) is 0 Å². The highest BCUT2D eigenvalue weighted by molar-refractivity contribution is 6.46. The molecule has 3 aromatic carbocycles. The SMILES string of the molecule is CCCCCN1C(=O)C(=O)/C(=C(\O)c2ccc(OCc3ccccc3)c(C)c2)C1c1ccc(OC)cc1. The van der Waals surface area contributed by atoms with E-state index in [1.165, 1.54) is 0 Å². The van der Waals surface area contributed by atoms with Crippen molar-refractivity contribution in [3.8, 4) is 11.5 Å². The molecule has 0 spiro atoms. The third-order valence-electron chi connectivity index (χ3n) is 6.66. The summed E-state index contributed by atoms with van der Waals surface area (Å²) in [7, 11) is 1.58. The van der Waals surface area contributed by atoms with Crippen LogP contribution >= 0.6 is 0 Å². The maximum atomic E-state index is 13.2. The second kappa shape index (κ2) is 11.8. The van der Waals surface area contributed by atoms with Gasteiger partial charge in [0.25, 0.3) is 11.7 Å². The van der Waals surface area contributed by atoms with Crippen molar-refractivity contribution in [1.82, 2.24) is 4.90 Å². The Morgan fingerprint density at radius 1 is 0.973 bits per heavy atom. The van der Waals surface area contributed by atoms with Gasteiger partial charge in [-0.25, -0.2) is 0 Å². The summed E-state index contributed by atoms with van der Waals surface area (Å²) in [6.45, 7) is 4.84. The lowest BCUT2D eigenvalue weighted by atomic mass is 9.94. The van der Waals surface area contributed by atoms with Gasteiger partial charge in [-0.3, -0.25) is 9.59 Å². The molecule has 4 rings (SSSR count). The molecule has 0 radical (unpaired) electrons. The first-order valence-corrected chi connectivity index (χ1v) is 12.6. The minimum atomic E-state index is -0.670. The van der Waals surface area contributed by atoms with Gasteiger partial charge in [-0.2, -0.15) is 0 Å². The molecule has 6 heteroatoms. The third-order valence-corrected chi connectivity index (χ3v) is 6.66. The van der Waals surface area contributed by atoms with E-state index in [4.69, 9.17) is 9.47 Å². The molecule has 0 bridgehead atoms. The summed E-state index contributed by atoms with van der Waals surface area (Å²) in [4.78, 5) is 27.9. The number of amides is 1. The standard InChI is InChI=1S/C31H33NO5/c1-4-5-9-18-32-28(23-12-15-25(36-3)16-13-23)27(30(34)31(32)35)29(33)24-14-17-26(21(2)19-24)37-20-22-10-7-6-8-11-22/h6-8,10-17,19,28,33H,4-5,9,18,20H2,1-3H3/b29-27-. The quantitative estimate of drug-likeness (QED) is 0.156. The van der Waals surface area contributed by atoms with E-state index in [1.54, 1.807) is 42.3 Å². The van der Waals surface area contributed by atoms with Crippen LogP contribution in [-0.2, 0) is 16.2 Å². The van der Waals surface area contributed by atoms with Gasteiger partial charge in [0.15, 0.2) is 0 Å². The van der Waals surface area contributed by atoms with Crippen molar-refractivity contribution in [1.29, 1.82) is 0 Å². The van der Waals surface area contributed by atoms with E-state index in [0.29, 0.717) is 30.2 Å². The van der Waals surface area contributed by atoms with Crippen LogP contribution in [0.1, 0.15) is 54.5 Å². The number of hydrogen-bond acceptors (Lipinski definition) is 5. The fourth-order valence-electron chi connectivity index (χ4n) is 4.63. The zero-order valence-corrected chi connectivity index (χ0v) is 21.6. The lowest BCUT2D eigenvalue weighted by Crippen LogP contribution is -2.30. The Labute approximate surface area is 218 Å². The number of aliphatic hydroxyl groups is 1. The predicted octanol–water partition coefficient (Wildman–Crippen LogP) is 6.19. The maximum absolute atomic E-state index is 13.2. The fraction of sp³-hybridized carbons (Fsp3) is 0.290. The number of nitrogens with zero attached hydrogens (tertiary/aromatic N) is 1. The molecule has 6 nitrogen and oxygen atoms in total. The van der Waals surface area contributed by atoms with Gasteiger partial charge in [0, 0.05) is 12.1 Å². The van der Waals surface area contributed by atoms with Crippen LogP contribution in [0.3, 0.4) is 0 Å². The van der Waals surface area contributed by atoms with E-state index >= 15 is 0 Å². The number of unbranched alkanes of at least 4 members (excludes halogenated alkanes) is 2. The molecule has 37 heavy (non-hydrogen) atoms. The van der Waals surface area contributed by atoms with E-state index in [1.807, 2.05) is 49.4 Å². The number of aliphatic hydroxyl groups excluding tert-OH is 1. The normalized spacial score (nSPS) is 16.7. The largest absolute Gasteiger partial charge is 0.507 e. The van der Waals surface area contributed by atoms with Crippen LogP contribution < -0.4 is 9.47 Å². The lowest BCUT2D eigenvalue weighted by molar-refractivity contribution is -0.139. The monoisotopic (exact) mass is 499 g/mol. The van der Waals surface area contributed by atoms with E-state index in [-0.39, 0.29) is 11.3 Å². The van der Waals surface area contributed by atoms with Crippen LogP contribution in [0.15, 0.2) is 78.4 Å². The Morgan fingerprint density at radius 3 is 2.35 bits per heavy atom. The minimum absolute atomic E-state index is 0.101. The molecule has 1 aliphatic rings. The van der Waals surface area contributed by atoms with Crippen LogP contribution in [0.5, 0.6) is 11.5 Å². The molecule has 1 fully saturated rings. The number of hydrogen-bond donors (Lipinski definition) is 1. The van der Waals surface area contributed by atoms with Crippen LogP contribution in [0.25, 0.3) is 5.76 Å². The van der Waals surface area contributed by atoms with Gasteiger partial charge in [-0.1, -0.05) is 62.2 Å². The summed E-state index contributed by atoms with van der Waals surface area (Å²) in [5.41, 5.74) is 3.19. The summed E-state index contributed by atoms with van der Waals surface area (Å²) in [5.74, 6) is -0.0784. The molecule has 1 amide bonds. The number of Topliss-reactive ketones (excluding diaryl/α,β-unsaturated/α-hetero) is 1. The molecule has 1 aliphatic heterocycles. The van der Waals surface area contributed by atoms with Crippen molar-refractivity contribution in [2.24, 2.45) is 0 Å². The molecular weight excluding hydrogens is 466 g/mol. The molecule has 0 aromatic heterocycles. The second-order valence-electron chi connectivity index (χ2n) is 9.23. The van der Waals surface area contributed by atoms with Crippen molar-refractivity contribution in [3.63, 3.8) is 0 Å². The number of benzene rings is 3. The van der Waals surface area contributed by atoms with Crippen molar-refractivity contribution >= 4 is 17.4 Å². The van der Waals surface area contributed by atoms with Gasteiger partial charge in [-0.05, 0) is 60.4 Å². The Morgan fingerprint density at radius 2 is 1.70 bits per heavy atom. The third kappa shape index (κ3) is 5.69. The van der Waals surface area contributed by atoms with Crippen molar-refractivity contribution in [3.05, 3.63) is 101 Å². The molecule has 1 saturated heterocycles. The molecule has 1 heterocycles. The summed E-state index contributed by atoms with van der Waals surface area (Å²) in [5, 5.41) is 11.4. The Hall–Kier alpha value is -4.06. The van der Waals surface area contributed by atoms with Gasteiger partial charge < -0.3 is 19.5 Å². The van der Waals surface area contributed by atoms with Crippen molar-refractivity contribution in [2.45, 2.75) is 45.8 Å². The molecule has 0 aliphatic carbocycles. The highest BCUT2D eigenvalue weighted by Gasteiger charge is 2.45. The summed E-state index contributed by atoms with van der Waals surface area (Å²) < 4.78 is 11.2. The number of ether oxygens (including phenoxy) is 2. The number of carbonyl (C=O) groups is 2. The first-order valence-electron chi connectivity index (χ1n) is 12.6. The van der Waals surface area contributed by atoms with Crippen LogP contribution in [0.4, 0.5) is 0 Å². The van der Waals surface area contributed by atoms with Gasteiger partial charge in [0.1, 0.15) is 23.9 Å². The van der Waals surface area contributed by atoms with Crippen LogP contribution in [-0.4, -0.2) is 35.4 Å². The number of likely N-dealkylation sites (tertiary alicyclic amines) is 1. The van der Waals surface area contributed by atoms with Gasteiger partial charge in [0.05, 0.1) is 18.7 Å². The molecule has 1 N–H and O–H groups in total. The molecule has 3 aromatic rings. The highest BCUT2D eigenvalue weighted by atomic mass is 16.5. The predicted molar refractivity (Wildman–Crippen MR) is 143 cm³/mol. The summed E-state index contributed by atoms with van der Waals surface area (Å²) in [6, 6.07) is 21.7. The topological polar surface area (TPSA) is 76.1 Å². The molecule has 192 valence electrons. The highest BCUT2D eigenvalue weighted by Crippen LogP contribution is 2.40. The number of rotatable bonds is 10. The first-order chi connectivity index (χ1) is 17.9. The maximum Gasteiger partial charge on any atom is 0.295 e. The van der Waals surface area contributed by atoms with Gasteiger partial charge in [0.2, 0.25) is 0 Å². The minimum Gasteiger partial charge on any atom is -0.507 e. The average Bonchev–Trinajstić information content (AvgIpc) is 3.17. The molecular formula is C31H33NO5. The summed E-state index contributed by atoms with van der Waals surface area (Å²) >= 11 is 0. The molecule has 1 atom stereocenters. The van der Waals surface area contributed by atoms with Crippen LogP contribution in [0, 0.1) is 6.92 Å². The Kier molecular flexibility index (Phi) is 8.29. The number of carbonyl (C=O) groups excluding carboxylic acids is 2. The van der Waals surface area contributed by atoms with E-state index < -0.39 is 17.7 Å². The lowest BCUT2D eigenvalue weighted by Gasteiger charge is -2.25. The average molecular weight is 500 g/mol. The Balaban J connectivity index is 1.68. The van der Waals surface area contributed by atoms with Crippen molar-refractivity contribution in [2.75, 3.05) is 13.7 Å². The number of aryl methyl sites for hydroxylation is 1. The smallest absolute Gasteiger partial charge is 0.295 e. The van der Waals surface area contributed by atoms with E-state index in [2.05, 4.69) is 6.92 Å². The number of ketones is 1. The zero-order chi connectivity index (χ0) is 26.4.